The minimum atomic E-state index is -1.49. The van der Waals surface area contributed by atoms with Crippen molar-refractivity contribution in [2.24, 2.45) is 0 Å². The van der Waals surface area contributed by atoms with E-state index in [9.17, 15) is 24.8 Å². The highest BCUT2D eigenvalue weighted by molar-refractivity contribution is 5.93. The molecule has 0 unspecified atom stereocenters. The van der Waals surface area contributed by atoms with E-state index in [1.54, 1.807) is 6.08 Å². The molecule has 0 spiro atoms. The highest BCUT2D eigenvalue weighted by atomic mass is 16.6. The van der Waals surface area contributed by atoms with Crippen molar-refractivity contribution in [3.8, 4) is 11.5 Å². The first-order chi connectivity index (χ1) is 10.8. The summed E-state index contributed by atoms with van der Waals surface area (Å²) in [4.78, 5) is 31.1. The number of nitro groups is 1. The number of ether oxygens (including phenoxy) is 2. The third-order valence-electron chi connectivity index (χ3n) is 2.27. The van der Waals surface area contributed by atoms with Crippen LogP contribution in [0.1, 0.15) is 23.7 Å². The zero-order chi connectivity index (χ0) is 18.0. The van der Waals surface area contributed by atoms with E-state index in [1.165, 1.54) is 7.11 Å². The fourth-order valence-electron chi connectivity index (χ4n) is 1.39. The number of nitrogens with zero attached hydrogens (tertiary/aromatic N) is 1. The summed E-state index contributed by atoms with van der Waals surface area (Å²) in [6.45, 7) is 4.96. The van der Waals surface area contributed by atoms with Crippen LogP contribution in [-0.2, 0) is 4.79 Å². The van der Waals surface area contributed by atoms with E-state index >= 15 is 0 Å². The molecule has 0 saturated heterocycles. The van der Waals surface area contributed by atoms with Gasteiger partial charge in [0.15, 0.2) is 11.5 Å². The van der Waals surface area contributed by atoms with E-state index in [2.05, 4.69) is 6.58 Å². The predicted octanol–water partition coefficient (Wildman–Crippen LogP) is 1.01. The van der Waals surface area contributed by atoms with Gasteiger partial charge in [-0.2, -0.15) is 0 Å². The minimum absolute atomic E-state index is 0.0497. The average Bonchev–Trinajstić information content (AvgIpc) is 2.46. The van der Waals surface area contributed by atoms with Crippen molar-refractivity contribution in [3.63, 3.8) is 0 Å². The van der Waals surface area contributed by atoms with Gasteiger partial charge in [-0.05, 0) is 6.92 Å². The molecule has 0 fully saturated rings. The van der Waals surface area contributed by atoms with Gasteiger partial charge in [0, 0.05) is 18.5 Å². The fourth-order valence-corrected chi connectivity index (χ4v) is 1.39. The van der Waals surface area contributed by atoms with Crippen molar-refractivity contribution >= 4 is 17.6 Å². The van der Waals surface area contributed by atoms with Crippen molar-refractivity contribution in [3.05, 3.63) is 40.5 Å². The van der Waals surface area contributed by atoms with Gasteiger partial charge >= 0.3 is 5.97 Å². The standard InChI is InChI=1S/C11H11NO8.C3H6/c1-19-8-4-6(11(15)16)7(12(17)18)5-9(8)20-3-2-10(13)14;1-3-2/h4-5H,2-3H2,1H3,(H,13,14)(H,15,16);3H,1H2,2H3/p-1. The number of hydrogen-bond donors (Lipinski definition) is 1. The molecule has 0 aromatic heterocycles. The van der Waals surface area contributed by atoms with E-state index in [0.717, 1.165) is 12.1 Å². The molecule has 0 amide bonds. The van der Waals surface area contributed by atoms with Gasteiger partial charge < -0.3 is 24.5 Å². The van der Waals surface area contributed by atoms with Crippen molar-refractivity contribution in [1.29, 1.82) is 0 Å². The lowest BCUT2D eigenvalue weighted by Gasteiger charge is -2.11. The minimum Gasteiger partial charge on any atom is -0.550 e. The average molecular weight is 326 g/mol. The molecule has 23 heavy (non-hydrogen) atoms. The van der Waals surface area contributed by atoms with Gasteiger partial charge in [-0.3, -0.25) is 10.1 Å². The van der Waals surface area contributed by atoms with Gasteiger partial charge in [-0.15, -0.1) is 6.58 Å². The molecule has 126 valence electrons. The monoisotopic (exact) mass is 326 g/mol. The summed E-state index contributed by atoms with van der Waals surface area (Å²) in [5.74, 6) is -3.01. The SMILES string of the molecule is C=CC.COc1cc(C(=O)O)c([N+](=O)[O-])cc1OCCC(=O)[O-]. The molecule has 0 radical (unpaired) electrons. The Kier molecular flexibility index (Phi) is 8.45. The highest BCUT2D eigenvalue weighted by Crippen LogP contribution is 2.34. The van der Waals surface area contributed by atoms with Crippen LogP contribution in [-0.4, -0.2) is 35.7 Å². The molecule has 1 N–H and O–H groups in total. The van der Waals surface area contributed by atoms with Crippen LogP contribution in [0, 0.1) is 10.1 Å². The van der Waals surface area contributed by atoms with Crippen LogP contribution in [0.15, 0.2) is 24.8 Å². The Hall–Kier alpha value is -3.10. The van der Waals surface area contributed by atoms with Crippen LogP contribution < -0.4 is 14.6 Å². The Morgan fingerprint density at radius 2 is 1.96 bits per heavy atom. The number of aromatic carboxylic acids is 1. The van der Waals surface area contributed by atoms with E-state index in [1.807, 2.05) is 6.92 Å². The summed E-state index contributed by atoms with van der Waals surface area (Å²) in [6.07, 6.45) is 1.33. The van der Waals surface area contributed by atoms with Crippen LogP contribution in [0.3, 0.4) is 0 Å². The van der Waals surface area contributed by atoms with Gasteiger partial charge in [0.25, 0.3) is 5.69 Å². The lowest BCUT2D eigenvalue weighted by molar-refractivity contribution is -0.385. The largest absolute Gasteiger partial charge is 0.550 e. The van der Waals surface area contributed by atoms with E-state index < -0.39 is 34.5 Å². The van der Waals surface area contributed by atoms with Crippen molar-refractivity contribution in [2.75, 3.05) is 13.7 Å². The summed E-state index contributed by atoms with van der Waals surface area (Å²) >= 11 is 0. The van der Waals surface area contributed by atoms with Crippen molar-refractivity contribution in [2.45, 2.75) is 13.3 Å². The second-order valence-electron chi connectivity index (χ2n) is 3.96. The first-order valence-corrected chi connectivity index (χ1v) is 6.27. The van der Waals surface area contributed by atoms with E-state index in [0.29, 0.717) is 0 Å². The van der Waals surface area contributed by atoms with Gasteiger partial charge in [0.2, 0.25) is 0 Å². The summed E-state index contributed by atoms with van der Waals surface area (Å²) in [5, 5.41) is 29.9. The number of nitro benzene ring substituents is 1. The normalized spacial score (nSPS) is 9.13. The van der Waals surface area contributed by atoms with Gasteiger partial charge in [-0.25, -0.2) is 4.79 Å². The molecule has 9 heteroatoms. The Morgan fingerprint density at radius 1 is 1.39 bits per heavy atom. The zero-order valence-corrected chi connectivity index (χ0v) is 12.6. The third kappa shape index (κ3) is 6.46. The quantitative estimate of drug-likeness (QED) is 0.445. The fraction of sp³-hybridized carbons (Fsp3) is 0.286. The molecule has 0 heterocycles. The number of benzene rings is 1. The maximum atomic E-state index is 10.9. The second kappa shape index (κ2) is 9.77. The van der Waals surface area contributed by atoms with E-state index in [-0.39, 0.29) is 18.1 Å². The molecule has 0 aliphatic heterocycles. The van der Waals surface area contributed by atoms with Crippen LogP contribution in [0.2, 0.25) is 0 Å². The van der Waals surface area contributed by atoms with Gasteiger partial charge in [-0.1, -0.05) is 6.08 Å². The molecule has 1 aromatic rings. The number of carboxylic acid groups (broad SMARTS) is 2. The number of aliphatic carboxylic acids is 1. The van der Waals surface area contributed by atoms with Crippen LogP contribution in [0.5, 0.6) is 11.5 Å². The van der Waals surface area contributed by atoms with Gasteiger partial charge in [0.05, 0.1) is 24.7 Å². The summed E-state index contributed by atoms with van der Waals surface area (Å²) < 4.78 is 9.88. The molecule has 1 aromatic carbocycles. The molecular weight excluding hydrogens is 310 g/mol. The lowest BCUT2D eigenvalue weighted by Crippen LogP contribution is -2.24. The van der Waals surface area contributed by atoms with Crippen molar-refractivity contribution in [1.82, 2.24) is 0 Å². The number of allylic oxidation sites excluding steroid dienone is 1. The molecule has 0 bridgehead atoms. The molecule has 0 aliphatic carbocycles. The summed E-state index contributed by atoms with van der Waals surface area (Å²) in [5.41, 5.74) is -1.24. The zero-order valence-electron chi connectivity index (χ0n) is 12.6. The molecule has 0 aliphatic rings. The highest BCUT2D eigenvalue weighted by Gasteiger charge is 2.24. The topological polar surface area (TPSA) is 139 Å². The summed E-state index contributed by atoms with van der Waals surface area (Å²) in [7, 11) is 1.22. The number of carboxylic acids is 2. The number of carbonyl (C=O) groups is 2. The summed E-state index contributed by atoms with van der Waals surface area (Å²) in [6, 6.07) is 1.81. The first kappa shape index (κ1) is 19.9. The molecule has 0 saturated carbocycles. The van der Waals surface area contributed by atoms with E-state index in [4.69, 9.17) is 14.6 Å². The Balaban J connectivity index is 0.00000149. The maximum absolute atomic E-state index is 10.9. The molecular formula is C14H16NO8-. The van der Waals surface area contributed by atoms with Gasteiger partial charge in [0.1, 0.15) is 5.56 Å². The Morgan fingerprint density at radius 3 is 2.35 bits per heavy atom. The van der Waals surface area contributed by atoms with Crippen molar-refractivity contribution < 1.29 is 34.2 Å². The Bertz CT molecular complexity index is 597. The first-order valence-electron chi connectivity index (χ1n) is 6.27. The number of carbonyl (C=O) groups excluding carboxylic acids is 1. The lowest BCUT2D eigenvalue weighted by atomic mass is 10.1. The van der Waals surface area contributed by atoms with Crippen LogP contribution >= 0.6 is 0 Å². The molecule has 1 rings (SSSR count). The second-order valence-corrected chi connectivity index (χ2v) is 3.96. The number of hydrogen-bond acceptors (Lipinski definition) is 7. The maximum Gasteiger partial charge on any atom is 0.342 e. The predicted molar refractivity (Wildman–Crippen MR) is 77.6 cm³/mol. The van der Waals surface area contributed by atoms with Crippen LogP contribution in [0.4, 0.5) is 5.69 Å². The number of rotatable bonds is 7. The number of methoxy groups -OCH3 is 1. The Labute approximate surface area is 131 Å². The smallest absolute Gasteiger partial charge is 0.342 e. The molecule has 9 nitrogen and oxygen atoms in total. The third-order valence-corrected chi connectivity index (χ3v) is 2.27. The molecule has 0 atom stereocenters. The van der Waals surface area contributed by atoms with Crippen LogP contribution in [0.25, 0.3) is 0 Å².